The summed E-state index contributed by atoms with van der Waals surface area (Å²) in [6, 6.07) is 52.7. The number of para-hydroxylation sites is 1. The number of furan rings is 1. The average molecular weight is 600 g/mol. The van der Waals surface area contributed by atoms with Gasteiger partial charge in [0.25, 0.3) is 0 Å². The van der Waals surface area contributed by atoms with Crippen LogP contribution >= 0.6 is 0 Å². The van der Waals surface area contributed by atoms with E-state index in [1.54, 1.807) is 0 Å². The fourth-order valence-electron chi connectivity index (χ4n) is 7.11. The van der Waals surface area contributed by atoms with E-state index in [9.17, 15) is 0 Å². The van der Waals surface area contributed by atoms with Crippen LogP contribution in [0.15, 0.2) is 156 Å². The lowest BCUT2D eigenvalue weighted by Crippen LogP contribution is -2.00. The van der Waals surface area contributed by atoms with E-state index in [0.717, 1.165) is 49.8 Å². The number of aromatic nitrogens is 3. The molecule has 1 aliphatic rings. The Morgan fingerprint density at radius 1 is 0.340 bits per heavy atom. The molecule has 1 aliphatic carbocycles. The van der Waals surface area contributed by atoms with Gasteiger partial charge in [-0.2, -0.15) is 0 Å². The summed E-state index contributed by atoms with van der Waals surface area (Å²) in [7, 11) is 0. The van der Waals surface area contributed by atoms with Gasteiger partial charge in [-0.25, -0.2) is 15.0 Å². The van der Waals surface area contributed by atoms with E-state index in [2.05, 4.69) is 103 Å². The molecule has 0 fully saturated rings. The average Bonchev–Trinajstić information content (AvgIpc) is 3.69. The Morgan fingerprint density at radius 2 is 0.915 bits per heavy atom. The van der Waals surface area contributed by atoms with Crippen molar-refractivity contribution < 1.29 is 4.42 Å². The molecule has 4 heteroatoms. The quantitative estimate of drug-likeness (QED) is 0.202. The third-order valence-corrected chi connectivity index (χ3v) is 9.27. The van der Waals surface area contributed by atoms with E-state index in [4.69, 9.17) is 19.4 Å². The topological polar surface area (TPSA) is 51.8 Å². The minimum absolute atomic E-state index is 0.637. The maximum Gasteiger partial charge on any atom is 0.164 e. The molecule has 0 bridgehead atoms. The zero-order valence-corrected chi connectivity index (χ0v) is 25.2. The molecular weight excluding hydrogens is 574 g/mol. The molecule has 0 saturated carbocycles. The van der Waals surface area contributed by atoms with Gasteiger partial charge in [-0.05, 0) is 68.4 Å². The van der Waals surface area contributed by atoms with Crippen LogP contribution in [-0.4, -0.2) is 15.0 Å². The molecule has 7 aromatic carbocycles. The standard InChI is InChI=1S/C43H25N3O/c1-2-10-27(11-3-1)41-44-42(28-22-20-26(21-23-28)31-16-9-19-38-40(31)35-15-6-7-18-37(35)47-38)46-43(45-41)30-24-29-12-8-17-34-32-13-4-5-14-33(32)36(25-30)39(29)34/h1-25H. The van der Waals surface area contributed by atoms with Crippen LogP contribution in [0.5, 0.6) is 0 Å². The minimum atomic E-state index is 0.637. The first-order chi connectivity index (χ1) is 23.3. The normalized spacial score (nSPS) is 11.8. The maximum absolute atomic E-state index is 6.16. The van der Waals surface area contributed by atoms with Crippen LogP contribution in [0.2, 0.25) is 0 Å². The van der Waals surface area contributed by atoms with Crippen LogP contribution < -0.4 is 0 Å². The van der Waals surface area contributed by atoms with Gasteiger partial charge in [-0.3, -0.25) is 0 Å². The van der Waals surface area contributed by atoms with Crippen molar-refractivity contribution in [3.8, 4) is 67.5 Å². The van der Waals surface area contributed by atoms with E-state index in [1.165, 1.54) is 33.0 Å². The number of benzene rings is 7. The van der Waals surface area contributed by atoms with E-state index in [1.807, 2.05) is 48.5 Å². The second-order valence-corrected chi connectivity index (χ2v) is 12.0. The van der Waals surface area contributed by atoms with Gasteiger partial charge < -0.3 is 4.42 Å². The van der Waals surface area contributed by atoms with Gasteiger partial charge >= 0.3 is 0 Å². The van der Waals surface area contributed by atoms with Gasteiger partial charge in [0.2, 0.25) is 0 Å². The van der Waals surface area contributed by atoms with E-state index in [0.29, 0.717) is 17.5 Å². The molecule has 0 aliphatic heterocycles. The highest BCUT2D eigenvalue weighted by atomic mass is 16.3. The second-order valence-electron chi connectivity index (χ2n) is 12.0. The molecule has 0 amide bonds. The molecule has 2 aromatic heterocycles. The van der Waals surface area contributed by atoms with Crippen molar-refractivity contribution in [2.75, 3.05) is 0 Å². The molecule has 4 nitrogen and oxygen atoms in total. The summed E-state index contributed by atoms with van der Waals surface area (Å²) in [5.41, 5.74) is 11.9. The number of hydrogen-bond acceptors (Lipinski definition) is 4. The minimum Gasteiger partial charge on any atom is -0.456 e. The van der Waals surface area contributed by atoms with Gasteiger partial charge in [0.05, 0.1) is 0 Å². The summed E-state index contributed by atoms with van der Waals surface area (Å²) >= 11 is 0. The third kappa shape index (κ3) is 4.05. The first-order valence-corrected chi connectivity index (χ1v) is 15.8. The predicted octanol–water partition coefficient (Wildman–Crippen LogP) is 11.2. The highest BCUT2D eigenvalue weighted by Crippen LogP contribution is 2.48. The molecule has 47 heavy (non-hydrogen) atoms. The number of rotatable bonds is 4. The fourth-order valence-corrected chi connectivity index (χ4v) is 7.11. The summed E-state index contributed by atoms with van der Waals surface area (Å²) < 4.78 is 6.16. The monoisotopic (exact) mass is 599 g/mol. The lowest BCUT2D eigenvalue weighted by Gasteiger charge is -2.11. The van der Waals surface area contributed by atoms with E-state index >= 15 is 0 Å². The molecule has 9 aromatic rings. The fraction of sp³-hybridized carbons (Fsp3) is 0. The molecule has 218 valence electrons. The van der Waals surface area contributed by atoms with Crippen molar-refractivity contribution in [2.45, 2.75) is 0 Å². The molecule has 2 heterocycles. The SMILES string of the molecule is c1ccc(-c2nc(-c3ccc(-c4cccc5oc6ccccc6c45)cc3)nc(-c3cc4c5c(cccc5c3)-c3ccccc3-4)n2)cc1. The smallest absolute Gasteiger partial charge is 0.164 e. The zero-order valence-electron chi connectivity index (χ0n) is 25.2. The van der Waals surface area contributed by atoms with Crippen molar-refractivity contribution >= 4 is 32.7 Å². The van der Waals surface area contributed by atoms with Crippen molar-refractivity contribution in [2.24, 2.45) is 0 Å². The zero-order chi connectivity index (χ0) is 30.9. The molecular formula is C43H25N3O. The van der Waals surface area contributed by atoms with E-state index in [-0.39, 0.29) is 0 Å². The number of fused-ring (bicyclic) bond motifs is 6. The molecule has 0 spiro atoms. The van der Waals surface area contributed by atoms with Crippen LogP contribution in [0.1, 0.15) is 0 Å². The van der Waals surface area contributed by atoms with Gasteiger partial charge in [0, 0.05) is 27.5 Å². The molecule has 10 rings (SSSR count). The Kier molecular flexibility index (Phi) is 5.54. The first kappa shape index (κ1) is 25.9. The Bertz CT molecular complexity index is 2670. The highest BCUT2D eigenvalue weighted by Gasteiger charge is 2.23. The van der Waals surface area contributed by atoms with Crippen molar-refractivity contribution in [1.29, 1.82) is 0 Å². The van der Waals surface area contributed by atoms with Crippen molar-refractivity contribution in [3.63, 3.8) is 0 Å². The van der Waals surface area contributed by atoms with Gasteiger partial charge in [-0.15, -0.1) is 0 Å². The molecule has 0 radical (unpaired) electrons. The molecule has 0 saturated heterocycles. The first-order valence-electron chi connectivity index (χ1n) is 15.8. The lowest BCUT2D eigenvalue weighted by molar-refractivity contribution is 0.669. The predicted molar refractivity (Wildman–Crippen MR) is 191 cm³/mol. The second kappa shape index (κ2) is 10.1. The van der Waals surface area contributed by atoms with E-state index < -0.39 is 0 Å². The molecule has 0 atom stereocenters. The molecule has 0 unspecified atom stereocenters. The van der Waals surface area contributed by atoms with Crippen LogP contribution in [0.25, 0.3) is 100 Å². The largest absolute Gasteiger partial charge is 0.456 e. The van der Waals surface area contributed by atoms with Crippen LogP contribution in [0.3, 0.4) is 0 Å². The maximum atomic E-state index is 6.16. The Morgan fingerprint density at radius 3 is 1.72 bits per heavy atom. The Labute approximate surface area is 270 Å². The van der Waals surface area contributed by atoms with Crippen LogP contribution in [0, 0.1) is 0 Å². The number of nitrogens with zero attached hydrogens (tertiary/aromatic N) is 3. The van der Waals surface area contributed by atoms with Crippen molar-refractivity contribution in [1.82, 2.24) is 15.0 Å². The summed E-state index contributed by atoms with van der Waals surface area (Å²) in [6.07, 6.45) is 0. The van der Waals surface area contributed by atoms with Gasteiger partial charge in [0.1, 0.15) is 11.2 Å². The lowest BCUT2D eigenvalue weighted by atomic mass is 9.98. The van der Waals surface area contributed by atoms with Crippen LogP contribution in [-0.2, 0) is 0 Å². The Hall–Kier alpha value is -6.39. The van der Waals surface area contributed by atoms with Gasteiger partial charge in [0.15, 0.2) is 17.5 Å². The van der Waals surface area contributed by atoms with Gasteiger partial charge in [-0.1, -0.05) is 127 Å². The molecule has 0 N–H and O–H groups in total. The summed E-state index contributed by atoms with van der Waals surface area (Å²) in [6.45, 7) is 0. The van der Waals surface area contributed by atoms with Crippen LogP contribution in [0.4, 0.5) is 0 Å². The van der Waals surface area contributed by atoms with Crippen molar-refractivity contribution in [3.05, 3.63) is 152 Å². The summed E-state index contributed by atoms with van der Waals surface area (Å²) in [5, 5.41) is 4.70. The Balaban J connectivity index is 1.13. The summed E-state index contributed by atoms with van der Waals surface area (Å²) in [5.74, 6) is 1.94. The third-order valence-electron chi connectivity index (χ3n) is 9.27. The summed E-state index contributed by atoms with van der Waals surface area (Å²) in [4.78, 5) is 15.1. The highest BCUT2D eigenvalue weighted by molar-refractivity contribution is 6.16. The number of hydrogen-bond donors (Lipinski definition) is 0.